The number of hydrogen-bond acceptors (Lipinski definition) is 2. The van der Waals surface area contributed by atoms with Crippen molar-refractivity contribution in [2.24, 2.45) is 0 Å². The minimum atomic E-state index is 0.0456. The lowest BCUT2D eigenvalue weighted by Gasteiger charge is -2.06. The molecule has 0 N–H and O–H groups in total. The molecule has 0 aliphatic heterocycles. The number of ether oxygens (including phenoxy) is 1. The normalized spacial score (nSPS) is 10.0. The Hall–Kier alpha value is -4.43. The third kappa shape index (κ3) is 5.87. The highest BCUT2D eigenvalue weighted by Gasteiger charge is 2.09. The molecular weight excluding hydrogens is 416 g/mol. The highest BCUT2D eigenvalue weighted by atomic mass is 16.5. The van der Waals surface area contributed by atoms with Gasteiger partial charge in [-0.3, -0.25) is 4.79 Å². The molecule has 0 fully saturated rings. The fourth-order valence-electron chi connectivity index (χ4n) is 3.61. The summed E-state index contributed by atoms with van der Waals surface area (Å²) in [5.74, 6) is 0.955. The van der Waals surface area contributed by atoms with Gasteiger partial charge in [0.2, 0.25) is 0 Å². The number of carbonyl (C=O) groups excluding carboxylic acids is 1. The Morgan fingerprint density at radius 1 is 0.441 bits per heavy atom. The van der Waals surface area contributed by atoms with Crippen LogP contribution in [0.1, 0.15) is 15.9 Å². The van der Waals surface area contributed by atoms with Crippen LogP contribution in [0.15, 0.2) is 140 Å². The van der Waals surface area contributed by atoms with Crippen LogP contribution in [0, 0.1) is 0 Å². The molecule has 0 bridgehead atoms. The molecule has 0 aliphatic carbocycles. The van der Waals surface area contributed by atoms with E-state index in [2.05, 4.69) is 24.3 Å². The zero-order valence-electron chi connectivity index (χ0n) is 19.1. The van der Waals surface area contributed by atoms with Crippen molar-refractivity contribution in [3.63, 3.8) is 0 Å². The van der Waals surface area contributed by atoms with E-state index in [1.54, 1.807) is 7.11 Å². The maximum absolute atomic E-state index is 12.7. The van der Waals surface area contributed by atoms with E-state index in [0.29, 0.717) is 11.1 Å². The summed E-state index contributed by atoms with van der Waals surface area (Å²) < 4.78 is 4.91. The van der Waals surface area contributed by atoms with Gasteiger partial charge in [0.05, 0.1) is 7.11 Å². The van der Waals surface area contributed by atoms with Gasteiger partial charge in [0.25, 0.3) is 0 Å². The molecule has 0 saturated carbocycles. The monoisotopic (exact) mass is 442 g/mol. The molecule has 2 nitrogen and oxygen atoms in total. The van der Waals surface area contributed by atoms with Crippen LogP contribution in [0.4, 0.5) is 0 Å². The topological polar surface area (TPSA) is 26.3 Å². The molecule has 2 heteroatoms. The number of rotatable bonds is 5. The summed E-state index contributed by atoms with van der Waals surface area (Å²) >= 11 is 0. The van der Waals surface area contributed by atoms with Crippen LogP contribution >= 0.6 is 0 Å². The fourth-order valence-corrected chi connectivity index (χ4v) is 3.61. The lowest BCUT2D eigenvalue weighted by Crippen LogP contribution is -2.00. The summed E-state index contributed by atoms with van der Waals surface area (Å²) in [4.78, 5) is 12.7. The Labute approximate surface area is 201 Å². The first-order valence-electron chi connectivity index (χ1n) is 11.2. The number of ketones is 1. The molecule has 0 atom stereocenters. The van der Waals surface area contributed by atoms with E-state index in [4.69, 9.17) is 4.74 Å². The maximum atomic E-state index is 12.7. The lowest BCUT2D eigenvalue weighted by atomic mass is 9.97. The molecule has 34 heavy (non-hydrogen) atoms. The molecule has 0 saturated heterocycles. The molecule has 5 aromatic rings. The summed E-state index contributed by atoms with van der Waals surface area (Å²) in [5.41, 5.74) is 5.94. The van der Waals surface area contributed by atoms with E-state index < -0.39 is 0 Å². The number of hydrogen-bond donors (Lipinski definition) is 0. The van der Waals surface area contributed by atoms with Crippen molar-refractivity contribution in [2.75, 3.05) is 7.11 Å². The van der Waals surface area contributed by atoms with E-state index in [-0.39, 0.29) is 5.78 Å². The molecule has 0 spiro atoms. The summed E-state index contributed by atoms with van der Waals surface area (Å²) in [5, 5.41) is 0. The second-order valence-corrected chi connectivity index (χ2v) is 7.73. The SMILES string of the molecule is COc1ccccc1.O=C(c1ccc(-c2ccccc2)cc1)c1ccc(-c2ccccc2)cc1. The molecule has 0 radical (unpaired) electrons. The van der Waals surface area contributed by atoms with Gasteiger partial charge in [-0.25, -0.2) is 0 Å². The first kappa shape index (κ1) is 22.8. The van der Waals surface area contributed by atoms with E-state index in [0.717, 1.165) is 28.0 Å². The van der Waals surface area contributed by atoms with Gasteiger partial charge in [0.15, 0.2) is 5.78 Å². The van der Waals surface area contributed by atoms with E-state index >= 15 is 0 Å². The molecule has 166 valence electrons. The van der Waals surface area contributed by atoms with Crippen molar-refractivity contribution in [2.45, 2.75) is 0 Å². The van der Waals surface area contributed by atoms with Gasteiger partial charge in [0.1, 0.15) is 5.75 Å². The summed E-state index contributed by atoms with van der Waals surface area (Å²) in [6, 6.07) is 45.6. The van der Waals surface area contributed by atoms with Crippen molar-refractivity contribution in [1.29, 1.82) is 0 Å². The average Bonchev–Trinajstić information content (AvgIpc) is 2.94. The molecular formula is C32H26O2. The van der Waals surface area contributed by atoms with Crippen LogP contribution in [0.25, 0.3) is 22.3 Å². The quantitative estimate of drug-likeness (QED) is 0.258. The molecule has 5 rings (SSSR count). The van der Waals surface area contributed by atoms with E-state index in [1.807, 2.05) is 115 Å². The van der Waals surface area contributed by atoms with Crippen LogP contribution in [-0.2, 0) is 0 Å². The van der Waals surface area contributed by atoms with E-state index in [1.165, 1.54) is 0 Å². The summed E-state index contributed by atoms with van der Waals surface area (Å²) in [6.45, 7) is 0. The van der Waals surface area contributed by atoms with Gasteiger partial charge < -0.3 is 4.74 Å². The van der Waals surface area contributed by atoms with E-state index in [9.17, 15) is 4.79 Å². The molecule has 0 aliphatic rings. The predicted octanol–water partition coefficient (Wildman–Crippen LogP) is 7.95. The largest absolute Gasteiger partial charge is 0.497 e. The van der Waals surface area contributed by atoms with Crippen LogP contribution in [0.5, 0.6) is 5.75 Å². The number of carbonyl (C=O) groups is 1. The Balaban J connectivity index is 0.000000291. The summed E-state index contributed by atoms with van der Waals surface area (Å²) in [6.07, 6.45) is 0. The Kier molecular flexibility index (Phi) is 7.66. The Bertz CT molecular complexity index is 1210. The Morgan fingerprint density at radius 2 is 0.765 bits per heavy atom. The highest BCUT2D eigenvalue weighted by molar-refractivity contribution is 6.09. The van der Waals surface area contributed by atoms with Gasteiger partial charge >= 0.3 is 0 Å². The van der Waals surface area contributed by atoms with Gasteiger partial charge in [-0.2, -0.15) is 0 Å². The first-order chi connectivity index (χ1) is 16.7. The first-order valence-corrected chi connectivity index (χ1v) is 11.2. The second-order valence-electron chi connectivity index (χ2n) is 7.73. The van der Waals surface area contributed by atoms with Gasteiger partial charge in [-0.1, -0.05) is 127 Å². The average molecular weight is 443 g/mol. The van der Waals surface area contributed by atoms with Crippen molar-refractivity contribution < 1.29 is 9.53 Å². The fraction of sp³-hybridized carbons (Fsp3) is 0.0312. The minimum absolute atomic E-state index is 0.0456. The van der Waals surface area contributed by atoms with Gasteiger partial charge in [0, 0.05) is 11.1 Å². The lowest BCUT2D eigenvalue weighted by molar-refractivity contribution is 0.103. The van der Waals surface area contributed by atoms with Crippen LogP contribution in [-0.4, -0.2) is 12.9 Å². The number of para-hydroxylation sites is 1. The second kappa shape index (κ2) is 11.4. The molecule has 0 aromatic heterocycles. The number of methoxy groups -OCH3 is 1. The minimum Gasteiger partial charge on any atom is -0.497 e. The third-order valence-corrected chi connectivity index (χ3v) is 5.49. The van der Waals surface area contributed by atoms with Crippen LogP contribution in [0.2, 0.25) is 0 Å². The zero-order chi connectivity index (χ0) is 23.6. The maximum Gasteiger partial charge on any atom is 0.193 e. The smallest absolute Gasteiger partial charge is 0.193 e. The van der Waals surface area contributed by atoms with Crippen molar-refractivity contribution in [3.05, 3.63) is 151 Å². The van der Waals surface area contributed by atoms with Gasteiger partial charge in [-0.05, 0) is 34.4 Å². The van der Waals surface area contributed by atoms with Crippen LogP contribution in [0.3, 0.4) is 0 Å². The van der Waals surface area contributed by atoms with Crippen LogP contribution < -0.4 is 4.74 Å². The predicted molar refractivity (Wildman–Crippen MR) is 140 cm³/mol. The molecule has 0 heterocycles. The van der Waals surface area contributed by atoms with Crippen molar-refractivity contribution in [3.8, 4) is 28.0 Å². The number of benzene rings is 5. The van der Waals surface area contributed by atoms with Crippen molar-refractivity contribution >= 4 is 5.78 Å². The third-order valence-electron chi connectivity index (χ3n) is 5.49. The highest BCUT2D eigenvalue weighted by Crippen LogP contribution is 2.22. The molecule has 5 aromatic carbocycles. The van der Waals surface area contributed by atoms with Gasteiger partial charge in [-0.15, -0.1) is 0 Å². The molecule has 0 unspecified atom stereocenters. The summed E-state index contributed by atoms with van der Waals surface area (Å²) in [7, 11) is 1.66. The molecule has 0 amide bonds. The van der Waals surface area contributed by atoms with Crippen molar-refractivity contribution in [1.82, 2.24) is 0 Å². The standard InChI is InChI=1S/C25H18O.C7H8O/c26-25(23-15-11-21(12-16-23)19-7-3-1-4-8-19)24-17-13-22(14-18-24)20-9-5-2-6-10-20;1-8-7-5-3-2-4-6-7/h1-18H;2-6H,1H3. The zero-order valence-corrected chi connectivity index (χ0v) is 19.1. The Morgan fingerprint density at radius 3 is 1.09 bits per heavy atom.